The van der Waals surface area contributed by atoms with Crippen LogP contribution in [-0.2, 0) is 4.74 Å². The van der Waals surface area contributed by atoms with Crippen LogP contribution in [0.1, 0.15) is 73.4 Å². The minimum atomic E-state index is -1.26. The normalized spacial score (nSPS) is 22.3. The molecule has 0 amide bonds. The van der Waals surface area contributed by atoms with E-state index in [1.165, 1.54) is 0 Å². The lowest BCUT2D eigenvalue weighted by Gasteiger charge is -2.33. The van der Waals surface area contributed by atoms with Gasteiger partial charge in [-0.3, -0.25) is 4.68 Å². The molecule has 2 aliphatic rings. The van der Waals surface area contributed by atoms with Gasteiger partial charge in [-0.05, 0) is 52.5 Å². The summed E-state index contributed by atoms with van der Waals surface area (Å²) in [5.74, 6) is -3.02. The highest BCUT2D eigenvalue weighted by Crippen LogP contribution is 2.41. The van der Waals surface area contributed by atoms with Crippen LogP contribution in [0.25, 0.3) is 22.4 Å². The van der Waals surface area contributed by atoms with Crippen LogP contribution >= 0.6 is 0 Å². The number of nitrogens with zero attached hydrogens (tertiary/aromatic N) is 6. The van der Waals surface area contributed by atoms with Gasteiger partial charge in [0.15, 0.2) is 17.3 Å². The van der Waals surface area contributed by atoms with Crippen molar-refractivity contribution in [3.05, 3.63) is 64.8 Å². The van der Waals surface area contributed by atoms with Gasteiger partial charge in [-0.15, -0.1) is 0 Å². The van der Waals surface area contributed by atoms with Gasteiger partial charge >= 0.3 is 0 Å². The summed E-state index contributed by atoms with van der Waals surface area (Å²) in [5.41, 5.74) is 2.75. The van der Waals surface area contributed by atoms with Gasteiger partial charge in [0.25, 0.3) is 0 Å². The summed E-state index contributed by atoms with van der Waals surface area (Å²) in [7, 11) is 0. The molecule has 1 saturated heterocycles. The van der Waals surface area contributed by atoms with Crippen LogP contribution < -0.4 is 0 Å². The van der Waals surface area contributed by atoms with E-state index in [9.17, 15) is 13.2 Å². The first-order valence-corrected chi connectivity index (χ1v) is 12.1. The van der Waals surface area contributed by atoms with Crippen molar-refractivity contribution in [3.8, 4) is 11.3 Å². The maximum Gasteiger partial charge on any atom is 0.182 e. The van der Waals surface area contributed by atoms with Crippen LogP contribution in [0, 0.1) is 31.3 Å². The third-order valence-electron chi connectivity index (χ3n) is 7.02. The van der Waals surface area contributed by atoms with Gasteiger partial charge < -0.3 is 4.74 Å². The van der Waals surface area contributed by atoms with Crippen LogP contribution in [0.3, 0.4) is 0 Å². The first-order valence-electron chi connectivity index (χ1n) is 12.1. The number of hydrogen-bond acceptors (Lipinski definition) is 6. The van der Waals surface area contributed by atoms with Crippen molar-refractivity contribution in [3.63, 3.8) is 0 Å². The van der Waals surface area contributed by atoms with E-state index in [0.29, 0.717) is 47.8 Å². The molecule has 36 heavy (non-hydrogen) atoms. The predicted octanol–water partition coefficient (Wildman–Crippen LogP) is 5.68. The van der Waals surface area contributed by atoms with Crippen molar-refractivity contribution < 1.29 is 17.9 Å². The molecule has 1 aliphatic carbocycles. The van der Waals surface area contributed by atoms with Gasteiger partial charge in [-0.1, -0.05) is 0 Å². The summed E-state index contributed by atoms with van der Waals surface area (Å²) in [6, 6.07) is 1.81. The average molecular weight is 495 g/mol. The predicted molar refractivity (Wildman–Crippen MR) is 126 cm³/mol. The Morgan fingerprint density at radius 3 is 2.44 bits per heavy atom. The maximum atomic E-state index is 14.9. The van der Waals surface area contributed by atoms with E-state index in [4.69, 9.17) is 9.72 Å². The van der Waals surface area contributed by atoms with Gasteiger partial charge in [-0.25, -0.2) is 33.1 Å². The first kappa shape index (κ1) is 23.0. The van der Waals surface area contributed by atoms with Crippen molar-refractivity contribution in [1.29, 1.82) is 0 Å². The third kappa shape index (κ3) is 4.13. The van der Waals surface area contributed by atoms with E-state index in [0.717, 1.165) is 24.5 Å². The minimum absolute atomic E-state index is 0.0772. The van der Waals surface area contributed by atoms with Gasteiger partial charge in [0.2, 0.25) is 0 Å². The summed E-state index contributed by atoms with van der Waals surface area (Å²) in [6.45, 7) is 5.58. The molecule has 10 heteroatoms. The molecule has 1 aliphatic heterocycles. The number of aryl methyl sites for hydroxylation is 2. The molecule has 6 rings (SSSR count). The number of rotatable bonds is 4. The zero-order chi connectivity index (χ0) is 25.1. The summed E-state index contributed by atoms with van der Waals surface area (Å²) in [4.78, 5) is 18.5. The molecule has 4 heterocycles. The molecule has 2 fully saturated rings. The Morgan fingerprint density at radius 1 is 0.917 bits per heavy atom. The molecule has 0 unspecified atom stereocenters. The lowest BCUT2D eigenvalue weighted by molar-refractivity contribution is -0.0511. The summed E-state index contributed by atoms with van der Waals surface area (Å²) < 4.78 is 50.9. The molecule has 0 N–H and O–H groups in total. The zero-order valence-corrected chi connectivity index (χ0v) is 20.2. The van der Waals surface area contributed by atoms with Crippen LogP contribution in [0.5, 0.6) is 0 Å². The van der Waals surface area contributed by atoms with Gasteiger partial charge in [-0.2, -0.15) is 5.10 Å². The van der Waals surface area contributed by atoms with Crippen LogP contribution in [0.2, 0.25) is 0 Å². The Bertz CT molecular complexity index is 1480. The van der Waals surface area contributed by atoms with Crippen LogP contribution in [0.4, 0.5) is 13.2 Å². The SMILES string of the molecule is Cc1nc2nc([C@@H]3C[C@@H](C)O[C@@H](c4cnn(C5CC5)c4)C3)nc(-c3cc(F)c(F)cc3F)c2nc1C. The maximum absolute atomic E-state index is 14.9. The van der Waals surface area contributed by atoms with Crippen molar-refractivity contribution in [2.24, 2.45) is 0 Å². The summed E-state index contributed by atoms with van der Waals surface area (Å²) >= 11 is 0. The second-order valence-corrected chi connectivity index (χ2v) is 9.83. The molecule has 4 aromatic rings. The zero-order valence-electron chi connectivity index (χ0n) is 20.2. The fraction of sp³-hybridized carbons (Fsp3) is 0.423. The lowest BCUT2D eigenvalue weighted by Crippen LogP contribution is -2.26. The van der Waals surface area contributed by atoms with E-state index in [1.54, 1.807) is 6.92 Å². The van der Waals surface area contributed by atoms with Crippen molar-refractivity contribution in [2.45, 2.75) is 70.6 Å². The van der Waals surface area contributed by atoms with Crippen molar-refractivity contribution in [1.82, 2.24) is 29.7 Å². The quantitative estimate of drug-likeness (QED) is 0.340. The molecule has 3 atom stereocenters. The Kier molecular flexibility index (Phi) is 5.51. The monoisotopic (exact) mass is 494 g/mol. The number of benzene rings is 1. The Morgan fingerprint density at radius 2 is 1.67 bits per heavy atom. The Hall–Kier alpha value is -3.40. The van der Waals surface area contributed by atoms with E-state index >= 15 is 0 Å². The second kappa shape index (κ2) is 8.62. The topological polar surface area (TPSA) is 78.6 Å². The highest BCUT2D eigenvalue weighted by Gasteiger charge is 2.34. The summed E-state index contributed by atoms with van der Waals surface area (Å²) in [6.07, 6.45) is 7.14. The highest BCUT2D eigenvalue weighted by molar-refractivity contribution is 5.87. The Balaban J connectivity index is 1.45. The van der Waals surface area contributed by atoms with Crippen molar-refractivity contribution in [2.75, 3.05) is 0 Å². The Labute approximate surface area is 205 Å². The van der Waals surface area contributed by atoms with Crippen molar-refractivity contribution >= 4 is 11.2 Å². The van der Waals surface area contributed by atoms with Gasteiger partial charge in [0, 0.05) is 29.3 Å². The number of fused-ring (bicyclic) bond motifs is 1. The molecule has 7 nitrogen and oxygen atoms in total. The van der Waals surface area contributed by atoms with Gasteiger partial charge in [0.05, 0.1) is 35.8 Å². The average Bonchev–Trinajstić information content (AvgIpc) is 3.57. The number of aromatic nitrogens is 6. The molecule has 1 aromatic carbocycles. The highest BCUT2D eigenvalue weighted by atomic mass is 19.2. The first-order chi connectivity index (χ1) is 17.3. The van der Waals surface area contributed by atoms with E-state index in [1.807, 2.05) is 30.9 Å². The van der Waals surface area contributed by atoms with E-state index < -0.39 is 17.5 Å². The number of ether oxygens (including phenoxy) is 1. The molecule has 0 spiro atoms. The number of halogens is 3. The smallest absolute Gasteiger partial charge is 0.182 e. The standard InChI is InChI=1S/C26H25F3N6O/c1-12-6-15(7-22(36-12)16-10-30-35(11-16)17-4-5-17)25-33-23(18-8-20(28)21(29)9-19(18)27)24-26(34-25)32-14(3)13(2)31-24/h8-12,15,17,22H,4-7H2,1-3H3/t12-,15-,22-/m1/s1. The van der Waals surface area contributed by atoms with Crippen LogP contribution in [-0.4, -0.2) is 35.8 Å². The molecule has 1 saturated carbocycles. The third-order valence-corrected chi connectivity index (χ3v) is 7.02. The molecular weight excluding hydrogens is 469 g/mol. The minimum Gasteiger partial charge on any atom is -0.370 e. The second-order valence-electron chi connectivity index (χ2n) is 9.83. The molecule has 0 radical (unpaired) electrons. The molecule has 0 bridgehead atoms. The van der Waals surface area contributed by atoms with E-state index in [2.05, 4.69) is 20.1 Å². The lowest BCUT2D eigenvalue weighted by atomic mass is 9.89. The fourth-order valence-corrected chi connectivity index (χ4v) is 4.83. The van der Waals surface area contributed by atoms with E-state index in [-0.39, 0.29) is 34.9 Å². The molecule has 3 aromatic heterocycles. The fourth-order valence-electron chi connectivity index (χ4n) is 4.83. The molecule has 186 valence electrons. The largest absolute Gasteiger partial charge is 0.370 e. The molecular formula is C26H25F3N6O. The van der Waals surface area contributed by atoms with Gasteiger partial charge in [0.1, 0.15) is 22.9 Å². The summed E-state index contributed by atoms with van der Waals surface area (Å²) in [5, 5.41) is 4.49. The number of hydrogen-bond donors (Lipinski definition) is 0. The van der Waals surface area contributed by atoms with Crippen LogP contribution in [0.15, 0.2) is 24.5 Å².